The molecule has 0 bridgehead atoms. The van der Waals surface area contributed by atoms with Crippen molar-refractivity contribution < 1.29 is 14.5 Å². The molecule has 1 saturated carbocycles. The van der Waals surface area contributed by atoms with E-state index in [1.807, 2.05) is 0 Å². The van der Waals surface area contributed by atoms with Gasteiger partial charge < -0.3 is 15.5 Å². The maximum atomic E-state index is 11.5. The second-order valence-corrected chi connectivity index (χ2v) is 5.06. The van der Waals surface area contributed by atoms with Gasteiger partial charge in [-0.3, -0.25) is 9.59 Å². The highest BCUT2D eigenvalue weighted by atomic mass is 16.2. The zero-order chi connectivity index (χ0) is 12.3. The second kappa shape index (κ2) is 5.49. The highest BCUT2D eigenvalue weighted by Crippen LogP contribution is 2.18. The fourth-order valence-electron chi connectivity index (χ4n) is 2.47. The number of quaternary nitrogens is 1. The van der Waals surface area contributed by atoms with Crippen LogP contribution in [0.3, 0.4) is 0 Å². The predicted octanol–water partition coefficient (Wildman–Crippen LogP) is -1.55. The minimum Gasteiger partial charge on any atom is -0.345 e. The Hall–Kier alpha value is -1.10. The Balaban J connectivity index is 1.69. The molecule has 2 rings (SSSR count). The largest absolute Gasteiger partial charge is 0.345 e. The molecule has 3 N–H and O–H groups in total. The van der Waals surface area contributed by atoms with Crippen molar-refractivity contribution in [3.8, 4) is 0 Å². The van der Waals surface area contributed by atoms with E-state index >= 15 is 0 Å². The number of nitrogens with one attached hydrogen (secondary N) is 3. The van der Waals surface area contributed by atoms with Crippen molar-refractivity contribution in [3.63, 3.8) is 0 Å². The van der Waals surface area contributed by atoms with Gasteiger partial charge in [-0.05, 0) is 19.8 Å². The first-order valence-electron chi connectivity index (χ1n) is 6.64. The van der Waals surface area contributed by atoms with Crippen LogP contribution in [-0.2, 0) is 9.59 Å². The lowest BCUT2D eigenvalue weighted by Gasteiger charge is -2.19. The summed E-state index contributed by atoms with van der Waals surface area (Å²) in [7, 11) is 0. The van der Waals surface area contributed by atoms with E-state index in [1.54, 1.807) is 0 Å². The SMILES string of the molecule is CC[NH+]1CCC[C@@H]1CNC(=O)C(=O)NC1CC1. The van der Waals surface area contributed by atoms with Crippen LogP contribution in [0.2, 0.25) is 0 Å². The lowest BCUT2D eigenvalue weighted by atomic mass is 10.2. The molecule has 2 atom stereocenters. The summed E-state index contributed by atoms with van der Waals surface area (Å²) in [6.45, 7) is 5.06. The van der Waals surface area contributed by atoms with Gasteiger partial charge in [-0.2, -0.15) is 0 Å². The number of likely N-dealkylation sites (tertiary alicyclic amines) is 1. The molecule has 17 heavy (non-hydrogen) atoms. The Morgan fingerprint density at radius 1 is 1.24 bits per heavy atom. The number of likely N-dealkylation sites (N-methyl/N-ethyl adjacent to an activating group) is 1. The smallest absolute Gasteiger partial charge is 0.309 e. The molecule has 2 aliphatic rings. The van der Waals surface area contributed by atoms with Gasteiger partial charge in [-0.1, -0.05) is 0 Å². The zero-order valence-electron chi connectivity index (χ0n) is 10.4. The van der Waals surface area contributed by atoms with Gasteiger partial charge in [0.05, 0.1) is 19.6 Å². The summed E-state index contributed by atoms with van der Waals surface area (Å²) >= 11 is 0. The van der Waals surface area contributed by atoms with Crippen molar-refractivity contribution in [3.05, 3.63) is 0 Å². The van der Waals surface area contributed by atoms with E-state index in [-0.39, 0.29) is 6.04 Å². The molecule has 0 spiro atoms. The number of amides is 2. The van der Waals surface area contributed by atoms with E-state index in [9.17, 15) is 9.59 Å². The maximum absolute atomic E-state index is 11.5. The third-order valence-corrected chi connectivity index (χ3v) is 3.71. The third kappa shape index (κ3) is 3.43. The molecule has 2 amide bonds. The maximum Gasteiger partial charge on any atom is 0.309 e. The summed E-state index contributed by atoms with van der Waals surface area (Å²) in [6, 6.07) is 0.732. The molecule has 0 aromatic rings. The Kier molecular flexibility index (Phi) is 3.99. The van der Waals surface area contributed by atoms with E-state index in [0.717, 1.165) is 25.8 Å². The summed E-state index contributed by atoms with van der Waals surface area (Å²) in [4.78, 5) is 24.5. The van der Waals surface area contributed by atoms with Crippen LogP contribution in [-0.4, -0.2) is 43.5 Å². The molecule has 1 heterocycles. The van der Waals surface area contributed by atoms with Gasteiger partial charge in [0.2, 0.25) is 0 Å². The Bertz CT molecular complexity index is 302. The average Bonchev–Trinajstić information content (AvgIpc) is 3.02. The highest BCUT2D eigenvalue weighted by molar-refractivity contribution is 6.35. The number of carbonyl (C=O) groups excluding carboxylic acids is 2. The lowest BCUT2D eigenvalue weighted by Crippen LogP contribution is -3.14. The van der Waals surface area contributed by atoms with Crippen LogP contribution in [0.1, 0.15) is 32.6 Å². The van der Waals surface area contributed by atoms with Gasteiger partial charge in [-0.15, -0.1) is 0 Å². The fourth-order valence-corrected chi connectivity index (χ4v) is 2.47. The monoisotopic (exact) mass is 240 g/mol. The van der Waals surface area contributed by atoms with Crippen LogP contribution >= 0.6 is 0 Å². The van der Waals surface area contributed by atoms with Crippen molar-refractivity contribution in [1.29, 1.82) is 0 Å². The minimum absolute atomic E-state index is 0.248. The van der Waals surface area contributed by atoms with E-state index in [1.165, 1.54) is 17.9 Å². The lowest BCUT2D eigenvalue weighted by molar-refractivity contribution is -0.909. The van der Waals surface area contributed by atoms with Crippen molar-refractivity contribution >= 4 is 11.8 Å². The molecule has 5 heteroatoms. The van der Waals surface area contributed by atoms with E-state index in [4.69, 9.17) is 0 Å². The Morgan fingerprint density at radius 2 is 2.00 bits per heavy atom. The summed E-state index contributed by atoms with van der Waals surface area (Å²) in [5.74, 6) is -0.942. The van der Waals surface area contributed by atoms with Crippen LogP contribution in [0.4, 0.5) is 0 Å². The summed E-state index contributed by atoms with van der Waals surface area (Å²) < 4.78 is 0. The number of carbonyl (C=O) groups is 2. The molecule has 0 aromatic carbocycles. The van der Waals surface area contributed by atoms with Gasteiger partial charge in [0, 0.05) is 18.9 Å². The number of rotatable bonds is 4. The summed E-state index contributed by atoms with van der Waals surface area (Å²) in [5.41, 5.74) is 0. The highest BCUT2D eigenvalue weighted by Gasteiger charge is 2.29. The van der Waals surface area contributed by atoms with Gasteiger partial charge in [-0.25, -0.2) is 0 Å². The average molecular weight is 240 g/mol. The van der Waals surface area contributed by atoms with Gasteiger partial charge in [0.1, 0.15) is 6.04 Å². The zero-order valence-corrected chi connectivity index (χ0v) is 10.4. The minimum atomic E-state index is -0.473. The van der Waals surface area contributed by atoms with Crippen molar-refractivity contribution in [2.45, 2.75) is 44.7 Å². The van der Waals surface area contributed by atoms with Crippen LogP contribution in [0.5, 0.6) is 0 Å². The summed E-state index contributed by atoms with van der Waals surface area (Å²) in [5, 5.41) is 5.45. The van der Waals surface area contributed by atoms with Crippen LogP contribution in [0.15, 0.2) is 0 Å². The van der Waals surface area contributed by atoms with Crippen LogP contribution in [0.25, 0.3) is 0 Å². The van der Waals surface area contributed by atoms with Gasteiger partial charge >= 0.3 is 11.8 Å². The van der Waals surface area contributed by atoms with E-state index in [0.29, 0.717) is 12.6 Å². The quantitative estimate of drug-likeness (QED) is 0.521. The first-order valence-corrected chi connectivity index (χ1v) is 6.64. The van der Waals surface area contributed by atoms with Crippen molar-refractivity contribution in [1.82, 2.24) is 10.6 Å². The fraction of sp³-hybridized carbons (Fsp3) is 0.833. The first kappa shape index (κ1) is 12.4. The molecule has 1 aliphatic carbocycles. The molecule has 1 aliphatic heterocycles. The molecule has 1 saturated heterocycles. The van der Waals surface area contributed by atoms with Gasteiger partial charge in [0.25, 0.3) is 0 Å². The van der Waals surface area contributed by atoms with Crippen LogP contribution in [0, 0.1) is 0 Å². The van der Waals surface area contributed by atoms with Crippen LogP contribution < -0.4 is 15.5 Å². The predicted molar refractivity (Wildman–Crippen MR) is 63.6 cm³/mol. The molecular formula is C12H22N3O2+. The summed E-state index contributed by atoms with van der Waals surface area (Å²) in [6.07, 6.45) is 4.39. The molecule has 96 valence electrons. The normalized spacial score (nSPS) is 27.8. The number of hydrogen-bond acceptors (Lipinski definition) is 2. The standard InChI is InChI=1S/C12H21N3O2/c1-2-15-7-3-4-10(15)8-13-11(16)12(17)14-9-5-6-9/h9-10H,2-8H2,1H3,(H,13,16)(H,14,17)/p+1/t10-/m1/s1. The molecule has 0 aromatic heterocycles. The molecular weight excluding hydrogens is 218 g/mol. The van der Waals surface area contributed by atoms with Crippen molar-refractivity contribution in [2.75, 3.05) is 19.6 Å². The molecule has 1 unspecified atom stereocenters. The Morgan fingerprint density at radius 3 is 2.65 bits per heavy atom. The number of hydrogen-bond donors (Lipinski definition) is 3. The Labute approximate surface area is 102 Å². The van der Waals surface area contributed by atoms with E-state index < -0.39 is 11.8 Å². The second-order valence-electron chi connectivity index (χ2n) is 5.06. The van der Waals surface area contributed by atoms with E-state index in [2.05, 4.69) is 17.6 Å². The first-order chi connectivity index (χ1) is 8.20. The van der Waals surface area contributed by atoms with Crippen molar-refractivity contribution in [2.24, 2.45) is 0 Å². The molecule has 0 radical (unpaired) electrons. The van der Waals surface area contributed by atoms with Gasteiger partial charge in [0.15, 0.2) is 0 Å². The molecule has 5 nitrogen and oxygen atoms in total. The molecule has 2 fully saturated rings. The third-order valence-electron chi connectivity index (χ3n) is 3.71. The topological polar surface area (TPSA) is 62.6 Å².